The monoisotopic (exact) mass is 366 g/mol. The second-order valence-corrected chi connectivity index (χ2v) is 6.72. The highest BCUT2D eigenvalue weighted by molar-refractivity contribution is 7.99. The fourth-order valence-electron chi connectivity index (χ4n) is 2.58. The van der Waals surface area contributed by atoms with Gasteiger partial charge in [-0.05, 0) is 42.0 Å². The highest BCUT2D eigenvalue weighted by atomic mass is 32.2. The molecule has 2 aromatic heterocycles. The number of fused-ring (bicyclic) bond motifs is 1. The van der Waals surface area contributed by atoms with E-state index in [2.05, 4.69) is 15.3 Å². The SMILES string of the molecule is COCc1ccc(Sc2ccc3nnc(-c4ccccc4F)n3n2)cc1. The summed E-state index contributed by atoms with van der Waals surface area (Å²) in [5.74, 6) is 0.0337. The quantitative estimate of drug-likeness (QED) is 0.529. The number of ether oxygens (including phenoxy) is 1. The average molecular weight is 366 g/mol. The molecule has 0 atom stereocenters. The second-order valence-electron chi connectivity index (χ2n) is 5.62. The van der Waals surface area contributed by atoms with Crippen LogP contribution >= 0.6 is 11.8 Å². The van der Waals surface area contributed by atoms with Gasteiger partial charge in [0.05, 0.1) is 12.2 Å². The first kappa shape index (κ1) is 16.7. The van der Waals surface area contributed by atoms with Gasteiger partial charge >= 0.3 is 0 Å². The Kier molecular flexibility index (Phi) is 4.64. The first-order valence-electron chi connectivity index (χ1n) is 7.98. The zero-order valence-electron chi connectivity index (χ0n) is 14.0. The minimum absolute atomic E-state index is 0.351. The van der Waals surface area contributed by atoms with Gasteiger partial charge in [0.1, 0.15) is 10.8 Å². The van der Waals surface area contributed by atoms with E-state index >= 15 is 0 Å². The van der Waals surface area contributed by atoms with Crippen molar-refractivity contribution in [2.75, 3.05) is 7.11 Å². The molecule has 0 spiro atoms. The lowest BCUT2D eigenvalue weighted by Gasteiger charge is -2.05. The lowest BCUT2D eigenvalue weighted by atomic mass is 10.2. The maximum absolute atomic E-state index is 14.1. The van der Waals surface area contributed by atoms with Crippen LogP contribution in [0.25, 0.3) is 17.0 Å². The third-order valence-electron chi connectivity index (χ3n) is 3.81. The Labute approximate surface area is 153 Å². The van der Waals surface area contributed by atoms with Gasteiger partial charge in [-0.15, -0.1) is 10.2 Å². The molecule has 0 aliphatic rings. The summed E-state index contributed by atoms with van der Waals surface area (Å²) in [6, 6.07) is 18.3. The summed E-state index contributed by atoms with van der Waals surface area (Å²) in [6.45, 7) is 0.585. The molecule has 0 aliphatic carbocycles. The number of nitrogens with zero attached hydrogens (tertiary/aromatic N) is 4. The van der Waals surface area contributed by atoms with Crippen LogP contribution in [-0.4, -0.2) is 26.9 Å². The first-order chi connectivity index (χ1) is 12.7. The summed E-state index contributed by atoms with van der Waals surface area (Å²) in [4.78, 5) is 1.05. The fraction of sp³-hybridized carbons (Fsp3) is 0.105. The predicted molar refractivity (Wildman–Crippen MR) is 97.5 cm³/mol. The van der Waals surface area contributed by atoms with E-state index < -0.39 is 0 Å². The van der Waals surface area contributed by atoms with Gasteiger partial charge in [-0.2, -0.15) is 9.61 Å². The van der Waals surface area contributed by atoms with Gasteiger partial charge in [0.2, 0.25) is 0 Å². The molecular formula is C19H15FN4OS. The van der Waals surface area contributed by atoms with Gasteiger partial charge in [-0.25, -0.2) is 4.39 Å². The number of rotatable bonds is 5. The summed E-state index contributed by atoms with van der Waals surface area (Å²) in [5.41, 5.74) is 2.06. The van der Waals surface area contributed by atoms with Gasteiger partial charge in [0.25, 0.3) is 0 Å². The zero-order valence-corrected chi connectivity index (χ0v) is 14.8. The Bertz CT molecular complexity index is 1050. The number of benzene rings is 2. The normalized spacial score (nSPS) is 11.2. The highest BCUT2D eigenvalue weighted by Crippen LogP contribution is 2.27. The molecule has 130 valence electrons. The van der Waals surface area contributed by atoms with Crippen LogP contribution in [-0.2, 0) is 11.3 Å². The number of aromatic nitrogens is 4. The molecule has 0 saturated heterocycles. The molecule has 0 aliphatic heterocycles. The van der Waals surface area contributed by atoms with Gasteiger partial charge in [-0.1, -0.05) is 36.0 Å². The van der Waals surface area contributed by atoms with Crippen molar-refractivity contribution in [3.05, 3.63) is 72.0 Å². The van der Waals surface area contributed by atoms with E-state index in [-0.39, 0.29) is 5.82 Å². The molecular weight excluding hydrogens is 351 g/mol. The molecule has 0 unspecified atom stereocenters. The molecule has 5 nitrogen and oxygen atoms in total. The molecule has 0 N–H and O–H groups in total. The molecule has 2 aromatic carbocycles. The minimum Gasteiger partial charge on any atom is -0.380 e. The van der Waals surface area contributed by atoms with E-state index in [9.17, 15) is 4.39 Å². The fourth-order valence-corrected chi connectivity index (χ4v) is 3.35. The zero-order chi connectivity index (χ0) is 17.9. The molecule has 0 saturated carbocycles. The van der Waals surface area contributed by atoms with Crippen molar-refractivity contribution < 1.29 is 9.13 Å². The maximum atomic E-state index is 14.1. The van der Waals surface area contributed by atoms with E-state index in [4.69, 9.17) is 4.74 Å². The number of methoxy groups -OCH3 is 1. The van der Waals surface area contributed by atoms with Gasteiger partial charge in [0, 0.05) is 12.0 Å². The van der Waals surface area contributed by atoms with E-state index in [1.165, 1.54) is 17.8 Å². The lowest BCUT2D eigenvalue weighted by molar-refractivity contribution is 0.185. The van der Waals surface area contributed by atoms with Crippen molar-refractivity contribution in [1.29, 1.82) is 0 Å². The van der Waals surface area contributed by atoms with Crippen molar-refractivity contribution in [1.82, 2.24) is 19.8 Å². The molecule has 4 rings (SSSR count). The number of hydrogen-bond donors (Lipinski definition) is 0. The van der Waals surface area contributed by atoms with Crippen LogP contribution in [0, 0.1) is 5.82 Å². The molecule has 0 bridgehead atoms. The summed E-state index contributed by atoms with van der Waals surface area (Å²) in [5, 5.41) is 13.5. The van der Waals surface area contributed by atoms with Gasteiger partial charge in [-0.3, -0.25) is 0 Å². The third kappa shape index (κ3) is 3.31. The van der Waals surface area contributed by atoms with Crippen LogP contribution < -0.4 is 0 Å². The van der Waals surface area contributed by atoms with E-state index in [1.807, 2.05) is 36.4 Å². The average Bonchev–Trinajstić information content (AvgIpc) is 3.07. The Morgan fingerprint density at radius 1 is 1.00 bits per heavy atom. The largest absolute Gasteiger partial charge is 0.380 e. The standard InChI is InChI=1S/C19H15FN4OS/c1-25-12-13-6-8-14(9-7-13)26-18-11-10-17-21-22-19(24(17)23-18)15-4-2-3-5-16(15)20/h2-11H,12H2,1H3. The van der Waals surface area contributed by atoms with Gasteiger partial charge in [0.15, 0.2) is 11.5 Å². The Morgan fingerprint density at radius 3 is 2.58 bits per heavy atom. The topological polar surface area (TPSA) is 52.3 Å². The van der Waals surface area contributed by atoms with Crippen molar-refractivity contribution >= 4 is 17.4 Å². The molecule has 0 amide bonds. The van der Waals surface area contributed by atoms with Crippen LogP contribution in [0.3, 0.4) is 0 Å². The predicted octanol–water partition coefficient (Wildman–Crippen LogP) is 4.23. The van der Waals surface area contributed by atoms with Crippen LogP contribution in [0.1, 0.15) is 5.56 Å². The van der Waals surface area contributed by atoms with Crippen molar-refractivity contribution in [2.45, 2.75) is 16.5 Å². The molecule has 4 aromatic rings. The molecule has 7 heteroatoms. The number of halogens is 1. The molecule has 0 radical (unpaired) electrons. The van der Waals surface area contributed by atoms with Crippen molar-refractivity contribution in [2.24, 2.45) is 0 Å². The lowest BCUT2D eigenvalue weighted by Crippen LogP contribution is -1.97. The number of hydrogen-bond acceptors (Lipinski definition) is 5. The first-order valence-corrected chi connectivity index (χ1v) is 8.79. The summed E-state index contributed by atoms with van der Waals surface area (Å²) in [6.07, 6.45) is 0. The van der Waals surface area contributed by atoms with Crippen LogP contribution in [0.2, 0.25) is 0 Å². The van der Waals surface area contributed by atoms with E-state index in [1.54, 1.807) is 29.8 Å². The highest BCUT2D eigenvalue weighted by Gasteiger charge is 2.13. The summed E-state index contributed by atoms with van der Waals surface area (Å²) >= 11 is 1.52. The maximum Gasteiger partial charge on any atom is 0.188 e. The molecule has 2 heterocycles. The minimum atomic E-state index is -0.351. The van der Waals surface area contributed by atoms with Crippen molar-refractivity contribution in [3.63, 3.8) is 0 Å². The van der Waals surface area contributed by atoms with Crippen molar-refractivity contribution in [3.8, 4) is 11.4 Å². The Hall–Kier alpha value is -2.77. The van der Waals surface area contributed by atoms with E-state index in [0.717, 1.165) is 15.5 Å². The third-order valence-corrected chi connectivity index (χ3v) is 4.74. The second kappa shape index (κ2) is 7.23. The van der Waals surface area contributed by atoms with Crippen LogP contribution in [0.15, 0.2) is 70.6 Å². The smallest absolute Gasteiger partial charge is 0.188 e. The van der Waals surface area contributed by atoms with Crippen LogP contribution in [0.4, 0.5) is 4.39 Å². The van der Waals surface area contributed by atoms with Crippen LogP contribution in [0.5, 0.6) is 0 Å². The molecule has 0 fully saturated rings. The van der Waals surface area contributed by atoms with Gasteiger partial charge < -0.3 is 4.74 Å². The molecule has 26 heavy (non-hydrogen) atoms. The van der Waals surface area contributed by atoms with E-state index in [0.29, 0.717) is 23.6 Å². The Morgan fingerprint density at radius 2 is 1.81 bits per heavy atom. The Balaban J connectivity index is 1.67. The summed E-state index contributed by atoms with van der Waals surface area (Å²) in [7, 11) is 1.67. The summed E-state index contributed by atoms with van der Waals surface area (Å²) < 4.78 is 20.8.